The molecule has 5 heteroatoms. The molecule has 1 aliphatic rings. The fourth-order valence-electron chi connectivity index (χ4n) is 2.33. The molecule has 0 aromatic rings. The lowest BCUT2D eigenvalue weighted by atomic mass is 9.95. The molecule has 0 spiro atoms. The Labute approximate surface area is 102 Å². The van der Waals surface area contributed by atoms with Gasteiger partial charge in [0.1, 0.15) is 0 Å². The summed E-state index contributed by atoms with van der Waals surface area (Å²) in [6.07, 6.45) is 3.14. The van der Waals surface area contributed by atoms with Crippen LogP contribution < -0.4 is 5.73 Å². The van der Waals surface area contributed by atoms with Crippen LogP contribution in [0.15, 0.2) is 0 Å². The number of hydrogen-bond acceptors (Lipinski definition) is 3. The number of nitrogens with zero attached hydrogens (tertiary/aromatic N) is 1. The maximum absolute atomic E-state index is 12.1. The highest BCUT2D eigenvalue weighted by molar-refractivity contribution is 5.80. The van der Waals surface area contributed by atoms with Crippen molar-refractivity contribution < 1.29 is 14.7 Å². The average molecular weight is 242 g/mol. The zero-order valence-electron chi connectivity index (χ0n) is 10.4. The zero-order chi connectivity index (χ0) is 12.8. The van der Waals surface area contributed by atoms with Gasteiger partial charge in [0, 0.05) is 19.6 Å². The minimum absolute atomic E-state index is 0.0281. The van der Waals surface area contributed by atoms with Crippen molar-refractivity contribution in [3.63, 3.8) is 0 Å². The van der Waals surface area contributed by atoms with Crippen molar-refractivity contribution in [1.82, 2.24) is 4.90 Å². The van der Waals surface area contributed by atoms with Crippen LogP contribution in [0, 0.1) is 11.8 Å². The highest BCUT2D eigenvalue weighted by Crippen LogP contribution is 2.19. The number of rotatable bonds is 5. The highest BCUT2D eigenvalue weighted by atomic mass is 16.4. The first-order valence-corrected chi connectivity index (χ1v) is 6.31. The smallest absolute Gasteiger partial charge is 0.308 e. The van der Waals surface area contributed by atoms with E-state index in [9.17, 15) is 9.59 Å². The summed E-state index contributed by atoms with van der Waals surface area (Å²) in [5, 5.41) is 8.97. The number of amides is 1. The van der Waals surface area contributed by atoms with Gasteiger partial charge >= 0.3 is 5.97 Å². The first kappa shape index (κ1) is 14.0. The molecule has 5 nitrogen and oxygen atoms in total. The lowest BCUT2D eigenvalue weighted by molar-refractivity contribution is -0.146. The van der Waals surface area contributed by atoms with Gasteiger partial charge in [-0.05, 0) is 19.3 Å². The summed E-state index contributed by atoms with van der Waals surface area (Å²) >= 11 is 0. The Morgan fingerprint density at radius 1 is 1.53 bits per heavy atom. The van der Waals surface area contributed by atoms with Gasteiger partial charge in [-0.3, -0.25) is 9.59 Å². The molecule has 0 aliphatic carbocycles. The number of aliphatic carboxylic acids is 1. The van der Waals surface area contributed by atoms with Crippen molar-refractivity contribution in [2.45, 2.75) is 32.6 Å². The minimum atomic E-state index is -0.803. The molecule has 1 fully saturated rings. The van der Waals surface area contributed by atoms with Gasteiger partial charge in [0.15, 0.2) is 0 Å². The van der Waals surface area contributed by atoms with E-state index >= 15 is 0 Å². The van der Waals surface area contributed by atoms with E-state index in [4.69, 9.17) is 10.8 Å². The van der Waals surface area contributed by atoms with Gasteiger partial charge in [-0.2, -0.15) is 0 Å². The molecule has 0 saturated carbocycles. The van der Waals surface area contributed by atoms with E-state index in [1.807, 2.05) is 6.92 Å². The lowest BCUT2D eigenvalue weighted by Gasteiger charge is -2.33. The highest BCUT2D eigenvalue weighted by Gasteiger charge is 2.30. The Balaban J connectivity index is 2.58. The summed E-state index contributed by atoms with van der Waals surface area (Å²) in [6, 6.07) is 0. The van der Waals surface area contributed by atoms with Crippen molar-refractivity contribution in [2.24, 2.45) is 17.6 Å². The summed E-state index contributed by atoms with van der Waals surface area (Å²) in [4.78, 5) is 24.7. The van der Waals surface area contributed by atoms with Crippen LogP contribution >= 0.6 is 0 Å². The van der Waals surface area contributed by atoms with Gasteiger partial charge in [0.25, 0.3) is 0 Å². The van der Waals surface area contributed by atoms with Crippen LogP contribution in [0.5, 0.6) is 0 Å². The van der Waals surface area contributed by atoms with Crippen molar-refractivity contribution in [3.05, 3.63) is 0 Å². The molecule has 1 amide bonds. The van der Waals surface area contributed by atoms with Crippen LogP contribution in [0.3, 0.4) is 0 Å². The summed E-state index contributed by atoms with van der Waals surface area (Å²) in [6.45, 7) is 3.38. The van der Waals surface area contributed by atoms with Crippen LogP contribution in [0.2, 0.25) is 0 Å². The molecular formula is C12H22N2O3. The molecule has 17 heavy (non-hydrogen) atoms. The quantitative estimate of drug-likeness (QED) is 0.742. The van der Waals surface area contributed by atoms with Gasteiger partial charge < -0.3 is 15.7 Å². The maximum Gasteiger partial charge on any atom is 0.308 e. The molecule has 1 saturated heterocycles. The Morgan fingerprint density at radius 3 is 2.76 bits per heavy atom. The lowest BCUT2D eigenvalue weighted by Crippen LogP contribution is -2.46. The molecule has 0 bridgehead atoms. The topological polar surface area (TPSA) is 83.6 Å². The Morgan fingerprint density at radius 2 is 2.24 bits per heavy atom. The molecule has 0 aromatic carbocycles. The van der Waals surface area contributed by atoms with Crippen LogP contribution in [0.4, 0.5) is 0 Å². The Bertz CT molecular complexity index is 281. The SMILES string of the molecule is CCCC(CN)C(=O)N1CCC[C@@H](C(=O)O)C1. The van der Waals surface area contributed by atoms with E-state index < -0.39 is 11.9 Å². The molecule has 2 atom stereocenters. The second kappa shape index (κ2) is 6.59. The number of carbonyl (C=O) groups excluding carboxylic acids is 1. The molecule has 1 heterocycles. The van der Waals surface area contributed by atoms with E-state index in [1.165, 1.54) is 0 Å². The largest absolute Gasteiger partial charge is 0.481 e. The standard InChI is InChI=1S/C12H22N2O3/c1-2-4-9(7-13)11(15)14-6-3-5-10(8-14)12(16)17/h9-10H,2-8,13H2,1H3,(H,16,17)/t9?,10-/m1/s1. The van der Waals surface area contributed by atoms with Gasteiger partial charge in [-0.25, -0.2) is 0 Å². The molecule has 3 N–H and O–H groups in total. The van der Waals surface area contributed by atoms with Gasteiger partial charge in [0.2, 0.25) is 5.91 Å². The second-order valence-corrected chi connectivity index (χ2v) is 4.68. The van der Waals surface area contributed by atoms with Crippen LogP contribution in [0.1, 0.15) is 32.6 Å². The third-order valence-electron chi connectivity index (χ3n) is 3.35. The van der Waals surface area contributed by atoms with Gasteiger partial charge in [-0.15, -0.1) is 0 Å². The van der Waals surface area contributed by atoms with Gasteiger partial charge in [-0.1, -0.05) is 13.3 Å². The molecule has 1 rings (SSSR count). The predicted molar refractivity (Wildman–Crippen MR) is 64.4 cm³/mol. The number of piperidine rings is 1. The first-order valence-electron chi connectivity index (χ1n) is 6.31. The molecule has 0 aromatic heterocycles. The molecule has 0 radical (unpaired) electrons. The average Bonchev–Trinajstić information content (AvgIpc) is 2.35. The normalized spacial score (nSPS) is 22.2. The van der Waals surface area contributed by atoms with Crippen LogP contribution in [-0.2, 0) is 9.59 Å². The number of likely N-dealkylation sites (tertiary alicyclic amines) is 1. The fourth-order valence-corrected chi connectivity index (χ4v) is 2.33. The predicted octanol–water partition coefficient (Wildman–Crippen LogP) is 0.685. The maximum atomic E-state index is 12.1. The van der Waals surface area contributed by atoms with Crippen molar-refractivity contribution in [2.75, 3.05) is 19.6 Å². The van der Waals surface area contributed by atoms with Crippen LogP contribution in [0.25, 0.3) is 0 Å². The zero-order valence-corrected chi connectivity index (χ0v) is 10.4. The van der Waals surface area contributed by atoms with Gasteiger partial charge in [0.05, 0.1) is 11.8 Å². The van der Waals surface area contributed by atoms with Crippen molar-refractivity contribution >= 4 is 11.9 Å². The number of carbonyl (C=O) groups is 2. The van der Waals surface area contributed by atoms with E-state index in [0.29, 0.717) is 26.1 Å². The number of hydrogen-bond donors (Lipinski definition) is 2. The van der Waals surface area contributed by atoms with Crippen molar-refractivity contribution in [1.29, 1.82) is 0 Å². The van der Waals surface area contributed by atoms with Crippen LogP contribution in [-0.4, -0.2) is 41.5 Å². The summed E-state index contributed by atoms with van der Waals surface area (Å²) < 4.78 is 0. The number of carboxylic acids is 1. The molecule has 1 unspecified atom stereocenters. The number of carboxylic acid groups (broad SMARTS) is 1. The fraction of sp³-hybridized carbons (Fsp3) is 0.833. The minimum Gasteiger partial charge on any atom is -0.481 e. The third kappa shape index (κ3) is 3.70. The Kier molecular flexibility index (Phi) is 5.41. The summed E-state index contributed by atoms with van der Waals surface area (Å²) in [5.74, 6) is -1.33. The van der Waals surface area contributed by atoms with E-state index in [2.05, 4.69) is 0 Å². The van der Waals surface area contributed by atoms with E-state index in [-0.39, 0.29) is 11.8 Å². The van der Waals surface area contributed by atoms with E-state index in [0.717, 1.165) is 19.3 Å². The molecule has 98 valence electrons. The third-order valence-corrected chi connectivity index (χ3v) is 3.35. The monoisotopic (exact) mass is 242 g/mol. The van der Waals surface area contributed by atoms with E-state index in [1.54, 1.807) is 4.90 Å². The second-order valence-electron chi connectivity index (χ2n) is 4.68. The number of nitrogens with two attached hydrogens (primary N) is 1. The Hall–Kier alpha value is -1.10. The first-order chi connectivity index (χ1) is 8.10. The molecular weight excluding hydrogens is 220 g/mol. The summed E-state index contributed by atoms with van der Waals surface area (Å²) in [7, 11) is 0. The molecule has 1 aliphatic heterocycles. The summed E-state index contributed by atoms with van der Waals surface area (Å²) in [5.41, 5.74) is 5.60. The van der Waals surface area contributed by atoms with Crippen molar-refractivity contribution in [3.8, 4) is 0 Å².